The number of rotatable bonds is 1. The molecule has 0 saturated carbocycles. The second kappa shape index (κ2) is 9.32. The van der Waals surface area contributed by atoms with E-state index in [9.17, 15) is 9.59 Å². The van der Waals surface area contributed by atoms with E-state index in [4.69, 9.17) is 14.0 Å². The Morgan fingerprint density at radius 3 is 2.72 bits per heavy atom. The van der Waals surface area contributed by atoms with Crippen LogP contribution in [0.5, 0.6) is 5.75 Å². The molecule has 2 aromatic rings. The minimum atomic E-state index is -1.06. The zero-order chi connectivity index (χ0) is 22.7. The molecule has 32 heavy (non-hydrogen) atoms. The molecule has 2 amide bonds. The molecule has 2 aliphatic heterocycles. The van der Waals surface area contributed by atoms with E-state index in [0.717, 1.165) is 25.0 Å². The monoisotopic (exact) mass is 441 g/mol. The van der Waals surface area contributed by atoms with E-state index in [2.05, 4.69) is 11.2 Å². The molecule has 8 heteroatoms. The lowest BCUT2D eigenvalue weighted by atomic mass is 9.91. The van der Waals surface area contributed by atoms with Crippen molar-refractivity contribution in [2.75, 3.05) is 39.9 Å². The second-order valence-corrected chi connectivity index (χ2v) is 8.66. The van der Waals surface area contributed by atoms with Gasteiger partial charge in [0.05, 0.1) is 25.4 Å². The van der Waals surface area contributed by atoms with Gasteiger partial charge < -0.3 is 23.8 Å². The summed E-state index contributed by atoms with van der Waals surface area (Å²) in [5, 5.41) is 3.91. The molecule has 172 valence electrons. The number of carbonyl (C=O) groups excluding carboxylic acids is 2. The van der Waals surface area contributed by atoms with E-state index in [-0.39, 0.29) is 18.4 Å². The van der Waals surface area contributed by atoms with Gasteiger partial charge in [0.25, 0.3) is 11.8 Å². The summed E-state index contributed by atoms with van der Waals surface area (Å²) < 4.78 is 17.3. The lowest BCUT2D eigenvalue weighted by Crippen LogP contribution is -2.61. The molecule has 3 heterocycles. The first kappa shape index (κ1) is 22.3. The van der Waals surface area contributed by atoms with Gasteiger partial charge in [0.2, 0.25) is 0 Å². The lowest BCUT2D eigenvalue weighted by Gasteiger charge is -2.43. The van der Waals surface area contributed by atoms with Gasteiger partial charge in [0.15, 0.2) is 5.60 Å². The number of nitrogens with zero attached hydrogens (tertiary/aromatic N) is 3. The normalized spacial score (nSPS) is 22.7. The van der Waals surface area contributed by atoms with Crippen LogP contribution in [0, 0.1) is 13.8 Å². The summed E-state index contributed by atoms with van der Waals surface area (Å²) in [4.78, 5) is 30.2. The molecule has 1 aromatic carbocycles. The molecule has 4 rings (SSSR count). The summed E-state index contributed by atoms with van der Waals surface area (Å²) in [6.07, 6.45) is 3.14. The quantitative estimate of drug-likeness (QED) is 0.677. The maximum atomic E-state index is 13.5. The van der Waals surface area contributed by atoms with Gasteiger partial charge in [0, 0.05) is 13.6 Å². The molecule has 1 aromatic heterocycles. The molecule has 1 unspecified atom stereocenters. The Hall–Kier alpha value is -2.87. The van der Waals surface area contributed by atoms with Crippen molar-refractivity contribution < 1.29 is 23.6 Å². The van der Waals surface area contributed by atoms with Crippen molar-refractivity contribution >= 4 is 11.8 Å². The third-order valence-electron chi connectivity index (χ3n) is 6.39. The van der Waals surface area contributed by atoms with Crippen LogP contribution in [0.1, 0.15) is 46.6 Å². The molecule has 1 spiro atoms. The van der Waals surface area contributed by atoms with Crippen LogP contribution in [-0.4, -0.2) is 72.3 Å². The van der Waals surface area contributed by atoms with E-state index in [1.165, 1.54) is 5.56 Å². The van der Waals surface area contributed by atoms with Crippen LogP contribution in [0.4, 0.5) is 0 Å². The summed E-state index contributed by atoms with van der Waals surface area (Å²) in [7, 11) is 1.77. The molecular weight excluding hydrogens is 410 g/mol. The number of aromatic nitrogens is 1. The number of likely N-dealkylation sites (N-methyl/N-ethyl adjacent to an activating group) is 1. The maximum absolute atomic E-state index is 13.5. The summed E-state index contributed by atoms with van der Waals surface area (Å²) in [6, 6.07) is 8.06. The van der Waals surface area contributed by atoms with Crippen LogP contribution in [0.15, 0.2) is 28.8 Å². The van der Waals surface area contributed by atoms with Crippen LogP contribution < -0.4 is 4.74 Å². The highest BCUT2D eigenvalue weighted by molar-refractivity contribution is 5.97. The second-order valence-electron chi connectivity index (χ2n) is 8.66. The van der Waals surface area contributed by atoms with E-state index < -0.39 is 5.60 Å². The Bertz CT molecular complexity index is 968. The average Bonchev–Trinajstić information content (AvgIpc) is 3.13. The molecular formula is C24H31N3O5. The van der Waals surface area contributed by atoms with Gasteiger partial charge in [-0.15, -0.1) is 0 Å². The van der Waals surface area contributed by atoms with Crippen molar-refractivity contribution in [2.45, 2.75) is 45.1 Å². The highest BCUT2D eigenvalue weighted by Crippen LogP contribution is 2.30. The first-order valence-corrected chi connectivity index (χ1v) is 11.2. The minimum absolute atomic E-state index is 0.105. The fraction of sp³-hybridized carbons (Fsp3) is 0.542. The first-order chi connectivity index (χ1) is 15.4. The number of morpholine rings is 1. The summed E-state index contributed by atoms with van der Waals surface area (Å²) in [5.74, 6) is 1.11. The van der Waals surface area contributed by atoms with Crippen LogP contribution in [-0.2, 0) is 16.0 Å². The summed E-state index contributed by atoms with van der Waals surface area (Å²) >= 11 is 0. The highest BCUT2D eigenvalue weighted by atomic mass is 16.5. The molecule has 0 radical (unpaired) electrons. The predicted octanol–water partition coefficient (Wildman–Crippen LogP) is 2.77. The van der Waals surface area contributed by atoms with Crippen molar-refractivity contribution in [3.8, 4) is 5.75 Å². The predicted molar refractivity (Wildman–Crippen MR) is 118 cm³/mol. The van der Waals surface area contributed by atoms with Crippen molar-refractivity contribution in [2.24, 2.45) is 0 Å². The lowest BCUT2D eigenvalue weighted by molar-refractivity contribution is -0.169. The zero-order valence-electron chi connectivity index (χ0n) is 19.1. The molecule has 1 saturated heterocycles. The summed E-state index contributed by atoms with van der Waals surface area (Å²) in [6.45, 7) is 5.29. The minimum Gasteiger partial charge on any atom is -0.491 e. The molecule has 1 atom stereocenters. The van der Waals surface area contributed by atoms with Crippen molar-refractivity contribution in [1.82, 2.24) is 15.0 Å². The number of amides is 2. The van der Waals surface area contributed by atoms with Crippen LogP contribution in [0.25, 0.3) is 0 Å². The van der Waals surface area contributed by atoms with Crippen LogP contribution in [0.2, 0.25) is 0 Å². The fourth-order valence-electron chi connectivity index (χ4n) is 4.61. The van der Waals surface area contributed by atoms with Crippen molar-refractivity contribution in [1.29, 1.82) is 0 Å². The first-order valence-electron chi connectivity index (χ1n) is 11.2. The van der Waals surface area contributed by atoms with Crippen LogP contribution >= 0.6 is 0 Å². The topological polar surface area (TPSA) is 85.1 Å². The van der Waals surface area contributed by atoms with Crippen molar-refractivity contribution in [3.63, 3.8) is 0 Å². The molecule has 0 bridgehead atoms. The Kier molecular flexibility index (Phi) is 6.50. The molecule has 0 N–H and O–H groups in total. The van der Waals surface area contributed by atoms with E-state index >= 15 is 0 Å². The van der Waals surface area contributed by atoms with E-state index in [0.29, 0.717) is 49.7 Å². The number of fused-ring (bicyclic) bond motifs is 1. The standard InChI is InChI=1S/C24H31N3O5/c1-17-21(18(2)32-25-17)22(28)27-13-15-31-24(16-27)11-7-6-9-19-8-4-5-10-20(19)30-14-12-26(3)23(24)29/h4-5,8,10H,6-7,9,11-16H2,1-3H3. The van der Waals surface area contributed by atoms with Gasteiger partial charge in [-0.25, -0.2) is 0 Å². The van der Waals surface area contributed by atoms with E-state index in [1.54, 1.807) is 30.7 Å². The van der Waals surface area contributed by atoms with Gasteiger partial charge in [-0.05, 0) is 51.2 Å². The van der Waals surface area contributed by atoms with Gasteiger partial charge in [-0.3, -0.25) is 9.59 Å². The average molecular weight is 442 g/mol. The van der Waals surface area contributed by atoms with Crippen molar-refractivity contribution in [3.05, 3.63) is 46.8 Å². The Morgan fingerprint density at radius 1 is 1.12 bits per heavy atom. The smallest absolute Gasteiger partial charge is 0.259 e. The highest BCUT2D eigenvalue weighted by Gasteiger charge is 2.46. The number of aryl methyl sites for hydroxylation is 3. The number of ether oxygens (including phenoxy) is 2. The Balaban J connectivity index is 1.56. The van der Waals surface area contributed by atoms with Gasteiger partial charge in [0.1, 0.15) is 23.7 Å². The largest absolute Gasteiger partial charge is 0.491 e. The summed E-state index contributed by atoms with van der Waals surface area (Å²) in [5.41, 5.74) is 1.16. The number of carbonyl (C=O) groups is 2. The maximum Gasteiger partial charge on any atom is 0.259 e. The molecule has 1 fully saturated rings. The zero-order valence-corrected chi connectivity index (χ0v) is 19.1. The molecule has 0 aliphatic carbocycles. The SMILES string of the molecule is Cc1noc(C)c1C(=O)N1CCOC2(CCCCc3ccccc3OCCN(C)C2=O)C1. The van der Waals surface area contributed by atoms with Gasteiger partial charge in [-0.2, -0.15) is 0 Å². The van der Waals surface area contributed by atoms with Gasteiger partial charge in [-0.1, -0.05) is 23.4 Å². The van der Waals surface area contributed by atoms with E-state index in [1.807, 2.05) is 18.2 Å². The number of benzene rings is 1. The number of para-hydroxylation sites is 1. The van der Waals surface area contributed by atoms with Crippen LogP contribution in [0.3, 0.4) is 0 Å². The fourth-order valence-corrected chi connectivity index (χ4v) is 4.61. The Labute approximate surface area is 188 Å². The number of hydrogen-bond acceptors (Lipinski definition) is 6. The molecule has 8 nitrogen and oxygen atoms in total. The number of hydrogen-bond donors (Lipinski definition) is 0. The van der Waals surface area contributed by atoms with Gasteiger partial charge >= 0.3 is 0 Å². The molecule has 2 aliphatic rings. The third kappa shape index (κ3) is 4.37. The Morgan fingerprint density at radius 2 is 1.94 bits per heavy atom. The third-order valence-corrected chi connectivity index (χ3v) is 6.39.